The third-order valence-corrected chi connectivity index (χ3v) is 6.80. The molecule has 1 aliphatic rings. The Hall–Kier alpha value is -3.07. The summed E-state index contributed by atoms with van der Waals surface area (Å²) in [5.74, 6) is 0. The molecule has 0 aromatic heterocycles. The van der Waals surface area contributed by atoms with Gasteiger partial charge in [0, 0.05) is 26.2 Å². The van der Waals surface area contributed by atoms with E-state index in [1.807, 2.05) is 13.0 Å². The number of carbonyl (C=O) groups is 2. The maximum atomic E-state index is 13.4. The number of aryl methyl sites for hydroxylation is 1. The first-order chi connectivity index (χ1) is 14.8. The second-order valence-electron chi connectivity index (χ2n) is 7.27. The Morgan fingerprint density at radius 2 is 1.52 bits per heavy atom. The van der Waals surface area contributed by atoms with E-state index < -0.39 is 22.1 Å². The van der Waals surface area contributed by atoms with Crippen LogP contribution >= 0.6 is 0 Å². The van der Waals surface area contributed by atoms with Gasteiger partial charge in [0.2, 0.25) is 0 Å². The molecule has 0 atom stereocenters. The molecule has 0 bridgehead atoms. The van der Waals surface area contributed by atoms with Crippen LogP contribution in [-0.2, 0) is 21.3 Å². The molecule has 1 aliphatic heterocycles. The Kier molecular flexibility index (Phi) is 7.17. The number of hydrogen-bond acceptors (Lipinski definition) is 5. The van der Waals surface area contributed by atoms with Crippen LogP contribution in [0.4, 0.5) is 9.59 Å². The zero-order valence-corrected chi connectivity index (χ0v) is 18.5. The standard InChI is InChI=1S/C22H27N3O5S/c1-3-30-22(27)24-15-13-23(14-16-24)21(26)25(17-19-7-5-4-6-8-19)31(28,29)20-11-9-18(2)10-12-20/h4-12H,3,13-17H2,1-2H3. The molecule has 31 heavy (non-hydrogen) atoms. The van der Waals surface area contributed by atoms with Crippen LogP contribution in [0.2, 0.25) is 0 Å². The Morgan fingerprint density at radius 3 is 2.10 bits per heavy atom. The van der Waals surface area contributed by atoms with Crippen LogP contribution in [0, 0.1) is 6.92 Å². The molecule has 0 aliphatic carbocycles. The predicted molar refractivity (Wildman–Crippen MR) is 116 cm³/mol. The van der Waals surface area contributed by atoms with Gasteiger partial charge >= 0.3 is 12.1 Å². The predicted octanol–water partition coefficient (Wildman–Crippen LogP) is 3.08. The van der Waals surface area contributed by atoms with E-state index in [1.165, 1.54) is 21.9 Å². The van der Waals surface area contributed by atoms with Gasteiger partial charge in [0.05, 0.1) is 18.0 Å². The Morgan fingerprint density at radius 1 is 0.935 bits per heavy atom. The topological polar surface area (TPSA) is 87.2 Å². The molecule has 1 saturated heterocycles. The lowest BCUT2D eigenvalue weighted by atomic mass is 10.2. The first-order valence-electron chi connectivity index (χ1n) is 10.2. The van der Waals surface area contributed by atoms with E-state index in [1.54, 1.807) is 43.3 Å². The van der Waals surface area contributed by atoms with Gasteiger partial charge in [-0.3, -0.25) is 0 Å². The summed E-state index contributed by atoms with van der Waals surface area (Å²) in [5, 5.41) is 0. The highest BCUT2D eigenvalue weighted by Gasteiger charge is 2.35. The number of urea groups is 1. The van der Waals surface area contributed by atoms with Crippen LogP contribution in [0.25, 0.3) is 0 Å². The minimum atomic E-state index is -4.07. The zero-order chi connectivity index (χ0) is 22.4. The fourth-order valence-corrected chi connectivity index (χ4v) is 4.67. The summed E-state index contributed by atoms with van der Waals surface area (Å²) in [5.41, 5.74) is 1.63. The van der Waals surface area contributed by atoms with Crippen LogP contribution in [-0.4, -0.2) is 67.4 Å². The van der Waals surface area contributed by atoms with Gasteiger partial charge in [-0.25, -0.2) is 22.3 Å². The first-order valence-corrected chi connectivity index (χ1v) is 11.6. The maximum Gasteiger partial charge on any atom is 0.409 e. The summed E-state index contributed by atoms with van der Waals surface area (Å²) in [4.78, 5) is 28.3. The number of piperazine rings is 1. The second kappa shape index (κ2) is 9.82. The first kappa shape index (κ1) is 22.6. The van der Waals surface area contributed by atoms with Gasteiger partial charge in [-0.05, 0) is 31.5 Å². The van der Waals surface area contributed by atoms with Crippen LogP contribution < -0.4 is 0 Å². The number of sulfonamides is 1. The van der Waals surface area contributed by atoms with Crippen molar-refractivity contribution >= 4 is 22.1 Å². The van der Waals surface area contributed by atoms with E-state index in [0.717, 1.165) is 9.87 Å². The third kappa shape index (κ3) is 5.35. The van der Waals surface area contributed by atoms with Gasteiger partial charge in [0.15, 0.2) is 0 Å². The lowest BCUT2D eigenvalue weighted by molar-refractivity contribution is 0.0822. The van der Waals surface area contributed by atoms with Gasteiger partial charge in [-0.15, -0.1) is 0 Å². The summed E-state index contributed by atoms with van der Waals surface area (Å²) in [6.07, 6.45) is -0.428. The van der Waals surface area contributed by atoms with E-state index in [9.17, 15) is 18.0 Å². The van der Waals surface area contributed by atoms with Crippen molar-refractivity contribution in [2.24, 2.45) is 0 Å². The third-order valence-electron chi connectivity index (χ3n) is 5.07. The van der Waals surface area contributed by atoms with Crippen LogP contribution in [0.15, 0.2) is 59.5 Å². The zero-order valence-electron chi connectivity index (χ0n) is 17.7. The van der Waals surface area contributed by atoms with Crippen molar-refractivity contribution in [1.82, 2.24) is 14.1 Å². The molecule has 0 unspecified atom stereocenters. The average Bonchev–Trinajstić information content (AvgIpc) is 2.78. The molecule has 2 aromatic rings. The van der Waals surface area contributed by atoms with E-state index in [-0.39, 0.29) is 44.2 Å². The van der Waals surface area contributed by atoms with E-state index in [2.05, 4.69) is 0 Å². The van der Waals surface area contributed by atoms with Crippen molar-refractivity contribution in [1.29, 1.82) is 0 Å². The lowest BCUT2D eigenvalue weighted by Gasteiger charge is -2.36. The fourth-order valence-electron chi connectivity index (χ4n) is 3.29. The highest BCUT2D eigenvalue weighted by Crippen LogP contribution is 2.21. The molecule has 0 N–H and O–H groups in total. The minimum absolute atomic E-state index is 0.0625. The van der Waals surface area contributed by atoms with Crippen LogP contribution in [0.1, 0.15) is 18.1 Å². The molecule has 0 spiro atoms. The van der Waals surface area contributed by atoms with Gasteiger partial charge in [-0.1, -0.05) is 48.0 Å². The lowest BCUT2D eigenvalue weighted by Crippen LogP contribution is -2.54. The fraction of sp³-hybridized carbons (Fsp3) is 0.364. The number of hydrogen-bond donors (Lipinski definition) is 0. The van der Waals surface area contributed by atoms with Crippen molar-refractivity contribution < 1.29 is 22.7 Å². The molecule has 9 heteroatoms. The van der Waals surface area contributed by atoms with E-state index in [4.69, 9.17) is 4.74 Å². The minimum Gasteiger partial charge on any atom is -0.450 e. The molecule has 166 valence electrons. The number of carbonyl (C=O) groups excluding carboxylic acids is 2. The van der Waals surface area contributed by atoms with Crippen LogP contribution in [0.3, 0.4) is 0 Å². The summed E-state index contributed by atoms with van der Waals surface area (Å²) in [6, 6.07) is 14.8. The molecule has 2 aromatic carbocycles. The SMILES string of the molecule is CCOC(=O)N1CCN(C(=O)N(Cc2ccccc2)S(=O)(=O)c2ccc(C)cc2)CC1. The molecule has 3 amide bonds. The van der Waals surface area contributed by atoms with Crippen molar-refractivity contribution in [3.8, 4) is 0 Å². The molecule has 3 rings (SSSR count). The number of rotatable bonds is 5. The molecule has 1 heterocycles. The molecular formula is C22H27N3O5S. The average molecular weight is 446 g/mol. The highest BCUT2D eigenvalue weighted by molar-refractivity contribution is 7.89. The molecule has 1 fully saturated rings. The number of nitrogens with zero attached hydrogens (tertiary/aromatic N) is 3. The van der Waals surface area contributed by atoms with Gasteiger partial charge in [0.25, 0.3) is 10.0 Å². The summed E-state index contributed by atoms with van der Waals surface area (Å²) < 4.78 is 32.7. The number of ether oxygens (including phenoxy) is 1. The largest absolute Gasteiger partial charge is 0.450 e. The van der Waals surface area contributed by atoms with E-state index >= 15 is 0 Å². The van der Waals surface area contributed by atoms with Gasteiger partial charge < -0.3 is 14.5 Å². The monoisotopic (exact) mass is 445 g/mol. The van der Waals surface area contributed by atoms with Gasteiger partial charge in [-0.2, -0.15) is 0 Å². The van der Waals surface area contributed by atoms with Crippen molar-refractivity contribution in [2.45, 2.75) is 25.3 Å². The van der Waals surface area contributed by atoms with Crippen molar-refractivity contribution in [2.75, 3.05) is 32.8 Å². The molecule has 0 saturated carbocycles. The van der Waals surface area contributed by atoms with Crippen molar-refractivity contribution in [3.05, 3.63) is 65.7 Å². The molecule has 8 nitrogen and oxygen atoms in total. The van der Waals surface area contributed by atoms with E-state index in [0.29, 0.717) is 5.56 Å². The Balaban J connectivity index is 1.84. The normalized spacial score (nSPS) is 14.3. The second-order valence-corrected chi connectivity index (χ2v) is 9.13. The maximum absolute atomic E-state index is 13.4. The quantitative estimate of drug-likeness (QED) is 0.706. The number of benzene rings is 2. The smallest absolute Gasteiger partial charge is 0.409 e. The highest BCUT2D eigenvalue weighted by atomic mass is 32.2. The van der Waals surface area contributed by atoms with Crippen molar-refractivity contribution in [3.63, 3.8) is 0 Å². The molecular weight excluding hydrogens is 418 g/mol. The van der Waals surface area contributed by atoms with Crippen LogP contribution in [0.5, 0.6) is 0 Å². The number of amides is 3. The summed E-state index contributed by atoms with van der Waals surface area (Å²) in [7, 11) is -4.07. The summed E-state index contributed by atoms with van der Waals surface area (Å²) in [6.45, 7) is 4.83. The Bertz CT molecular complexity index is 1000. The van der Waals surface area contributed by atoms with Gasteiger partial charge in [0.1, 0.15) is 0 Å². The molecule has 0 radical (unpaired) electrons. The Labute approximate surface area is 183 Å². The summed E-state index contributed by atoms with van der Waals surface area (Å²) >= 11 is 0.